The van der Waals surface area contributed by atoms with Crippen LogP contribution in [-0.4, -0.2) is 11.9 Å². The van der Waals surface area contributed by atoms with Gasteiger partial charge in [-0.25, -0.2) is 8.78 Å². The second-order valence-electron chi connectivity index (χ2n) is 4.27. The highest BCUT2D eigenvalue weighted by Gasteiger charge is 2.13. The van der Waals surface area contributed by atoms with Crippen molar-refractivity contribution < 1.29 is 18.3 Å². The molecule has 21 heavy (non-hydrogen) atoms. The molecule has 0 spiro atoms. The minimum absolute atomic E-state index is 0.0340. The molecule has 2 aromatic carbocycles. The van der Waals surface area contributed by atoms with E-state index in [0.29, 0.717) is 17.2 Å². The van der Waals surface area contributed by atoms with Gasteiger partial charge in [0.25, 0.3) is 0 Å². The molecule has 2 aromatic rings. The van der Waals surface area contributed by atoms with Gasteiger partial charge in [-0.15, -0.1) is 0 Å². The molecule has 0 bridgehead atoms. The molecule has 2 N–H and O–H groups in total. The zero-order valence-corrected chi connectivity index (χ0v) is 11.5. The van der Waals surface area contributed by atoms with E-state index < -0.39 is 11.6 Å². The summed E-state index contributed by atoms with van der Waals surface area (Å²) >= 11 is 5.07. The van der Waals surface area contributed by atoms with Gasteiger partial charge >= 0.3 is 0 Å². The summed E-state index contributed by atoms with van der Waals surface area (Å²) < 4.78 is 37.0. The minimum Gasteiger partial charge on any atom is -0.454 e. The molecule has 0 aromatic heterocycles. The monoisotopic (exact) mass is 308 g/mol. The number of nitrogens with one attached hydrogen (secondary N) is 2. The third-order valence-electron chi connectivity index (χ3n) is 2.81. The summed E-state index contributed by atoms with van der Waals surface area (Å²) in [7, 11) is 0. The molecule has 1 heterocycles. The molecule has 0 unspecified atom stereocenters. The Bertz CT molecular complexity index is 709. The van der Waals surface area contributed by atoms with Crippen molar-refractivity contribution in [3.05, 3.63) is 48.0 Å². The molecule has 7 heteroatoms. The minimum atomic E-state index is -0.591. The largest absolute Gasteiger partial charge is 0.454 e. The average molecular weight is 308 g/mol. The molecular formula is C14H10F2N2O2S. The van der Waals surface area contributed by atoms with Crippen molar-refractivity contribution in [1.29, 1.82) is 0 Å². The zero-order valence-electron chi connectivity index (χ0n) is 10.7. The number of benzene rings is 2. The lowest BCUT2D eigenvalue weighted by Crippen LogP contribution is -2.19. The van der Waals surface area contributed by atoms with E-state index in [1.54, 1.807) is 18.2 Å². The molecule has 1 aliphatic heterocycles. The summed E-state index contributed by atoms with van der Waals surface area (Å²) in [5.74, 6) is 0.103. The van der Waals surface area contributed by atoms with Gasteiger partial charge in [0.05, 0.1) is 5.69 Å². The smallest absolute Gasteiger partial charge is 0.231 e. The molecule has 0 aliphatic carbocycles. The van der Waals surface area contributed by atoms with Crippen LogP contribution in [-0.2, 0) is 0 Å². The quantitative estimate of drug-likeness (QED) is 0.831. The number of hydrogen-bond donors (Lipinski definition) is 2. The Balaban J connectivity index is 1.70. The fourth-order valence-corrected chi connectivity index (χ4v) is 2.08. The van der Waals surface area contributed by atoms with Gasteiger partial charge in [0.15, 0.2) is 16.6 Å². The summed E-state index contributed by atoms with van der Waals surface area (Å²) in [5, 5.41) is 5.60. The van der Waals surface area contributed by atoms with Crippen molar-refractivity contribution in [2.45, 2.75) is 0 Å². The Hall–Kier alpha value is -2.41. The van der Waals surface area contributed by atoms with Gasteiger partial charge < -0.3 is 20.1 Å². The highest BCUT2D eigenvalue weighted by Crippen LogP contribution is 2.34. The van der Waals surface area contributed by atoms with E-state index in [1.165, 1.54) is 0 Å². The molecule has 0 radical (unpaired) electrons. The molecule has 3 rings (SSSR count). The maximum atomic E-state index is 13.5. The predicted molar refractivity (Wildman–Crippen MR) is 78.8 cm³/mol. The van der Waals surface area contributed by atoms with Crippen LogP contribution >= 0.6 is 12.2 Å². The number of ether oxygens (including phenoxy) is 2. The summed E-state index contributed by atoms with van der Waals surface area (Å²) in [5.41, 5.74) is 0.613. The van der Waals surface area contributed by atoms with Gasteiger partial charge in [-0.05, 0) is 36.5 Å². The Kier molecular flexibility index (Phi) is 3.57. The van der Waals surface area contributed by atoms with Crippen molar-refractivity contribution in [3.8, 4) is 11.5 Å². The maximum absolute atomic E-state index is 13.5. The van der Waals surface area contributed by atoms with E-state index in [0.717, 1.165) is 18.2 Å². The molecule has 0 saturated heterocycles. The number of fused-ring (bicyclic) bond motifs is 1. The number of halogens is 2. The van der Waals surface area contributed by atoms with Crippen LogP contribution < -0.4 is 20.1 Å². The Labute approximate surface area is 124 Å². The predicted octanol–water partition coefficient (Wildman–Crippen LogP) is 3.50. The fourth-order valence-electron chi connectivity index (χ4n) is 1.85. The van der Waals surface area contributed by atoms with E-state index in [4.69, 9.17) is 21.7 Å². The lowest BCUT2D eigenvalue weighted by atomic mass is 10.3. The van der Waals surface area contributed by atoms with Gasteiger partial charge in [0.1, 0.15) is 11.6 Å². The van der Waals surface area contributed by atoms with Crippen LogP contribution in [0, 0.1) is 11.6 Å². The van der Waals surface area contributed by atoms with Crippen molar-refractivity contribution in [2.75, 3.05) is 17.4 Å². The third kappa shape index (κ3) is 3.03. The van der Waals surface area contributed by atoms with Crippen molar-refractivity contribution in [2.24, 2.45) is 0 Å². The number of thiocarbonyl (C=S) groups is 1. The first kappa shape index (κ1) is 13.6. The second-order valence-corrected chi connectivity index (χ2v) is 4.68. The van der Waals surface area contributed by atoms with Gasteiger partial charge in [0.2, 0.25) is 6.79 Å². The number of rotatable bonds is 2. The Morgan fingerprint density at radius 2 is 1.81 bits per heavy atom. The Morgan fingerprint density at radius 1 is 1.00 bits per heavy atom. The summed E-state index contributed by atoms with van der Waals surface area (Å²) in [4.78, 5) is 0. The van der Waals surface area contributed by atoms with E-state index in [1.807, 2.05) is 0 Å². The highest BCUT2D eigenvalue weighted by atomic mass is 32.1. The van der Waals surface area contributed by atoms with Crippen molar-refractivity contribution in [1.82, 2.24) is 0 Å². The average Bonchev–Trinajstić information content (AvgIpc) is 2.90. The van der Waals surface area contributed by atoms with Gasteiger partial charge in [-0.3, -0.25) is 0 Å². The third-order valence-corrected chi connectivity index (χ3v) is 3.01. The Morgan fingerprint density at radius 3 is 2.67 bits per heavy atom. The summed E-state index contributed by atoms with van der Waals surface area (Å²) in [6.07, 6.45) is 0. The van der Waals surface area contributed by atoms with Gasteiger partial charge in [-0.1, -0.05) is 0 Å². The van der Waals surface area contributed by atoms with Crippen LogP contribution in [0.25, 0.3) is 0 Å². The molecule has 108 valence electrons. The molecule has 0 amide bonds. The van der Waals surface area contributed by atoms with Crippen LogP contribution in [0.1, 0.15) is 0 Å². The van der Waals surface area contributed by atoms with Crippen LogP contribution in [0.15, 0.2) is 36.4 Å². The van der Waals surface area contributed by atoms with E-state index >= 15 is 0 Å². The fraction of sp³-hybridized carbons (Fsp3) is 0.0714. The molecule has 0 saturated carbocycles. The molecular weight excluding hydrogens is 298 g/mol. The van der Waals surface area contributed by atoms with Gasteiger partial charge in [-0.2, -0.15) is 0 Å². The van der Waals surface area contributed by atoms with Crippen molar-refractivity contribution in [3.63, 3.8) is 0 Å². The first-order valence-electron chi connectivity index (χ1n) is 6.04. The molecule has 0 fully saturated rings. The van der Waals surface area contributed by atoms with Crippen molar-refractivity contribution >= 4 is 28.7 Å². The van der Waals surface area contributed by atoms with E-state index in [-0.39, 0.29) is 17.6 Å². The van der Waals surface area contributed by atoms with E-state index in [9.17, 15) is 8.78 Å². The molecule has 4 nitrogen and oxygen atoms in total. The molecule has 0 atom stereocenters. The lowest BCUT2D eigenvalue weighted by molar-refractivity contribution is 0.174. The first-order chi connectivity index (χ1) is 10.1. The second kappa shape index (κ2) is 5.53. The number of hydrogen-bond acceptors (Lipinski definition) is 3. The van der Waals surface area contributed by atoms with Gasteiger partial charge in [0, 0.05) is 17.8 Å². The van der Waals surface area contributed by atoms with Crippen LogP contribution in [0.2, 0.25) is 0 Å². The first-order valence-corrected chi connectivity index (χ1v) is 6.45. The van der Waals surface area contributed by atoms with E-state index in [2.05, 4.69) is 10.6 Å². The lowest BCUT2D eigenvalue weighted by Gasteiger charge is -2.11. The highest BCUT2D eigenvalue weighted by molar-refractivity contribution is 7.80. The standard InChI is InChI=1S/C14H10F2N2O2S/c15-8-1-3-10(16)11(5-8)18-14(21)17-9-2-4-12-13(6-9)20-7-19-12/h1-6H,7H2,(H2,17,18,21). The number of anilines is 2. The summed E-state index contributed by atoms with van der Waals surface area (Å²) in [6, 6.07) is 8.27. The van der Waals surface area contributed by atoms with Crippen LogP contribution in [0.4, 0.5) is 20.2 Å². The zero-order chi connectivity index (χ0) is 14.8. The topological polar surface area (TPSA) is 42.5 Å². The molecule has 1 aliphatic rings. The summed E-state index contributed by atoms with van der Waals surface area (Å²) in [6.45, 7) is 0.177. The normalized spacial score (nSPS) is 12.1. The SMILES string of the molecule is Fc1ccc(F)c(NC(=S)Nc2ccc3c(c2)OCO3)c1. The maximum Gasteiger partial charge on any atom is 0.231 e. The van der Waals surface area contributed by atoms with Crippen LogP contribution in [0.3, 0.4) is 0 Å². The van der Waals surface area contributed by atoms with Crippen LogP contribution in [0.5, 0.6) is 11.5 Å².